The van der Waals surface area contributed by atoms with Gasteiger partial charge in [-0.25, -0.2) is 0 Å². The van der Waals surface area contributed by atoms with E-state index in [4.69, 9.17) is 10.5 Å². The molecule has 3 atom stereocenters. The SMILES string of the molecule is CCOC1(C(N)c2ccn(C)n2)CCCC(C)C1. The molecule has 2 N–H and O–H groups in total. The summed E-state index contributed by atoms with van der Waals surface area (Å²) in [5, 5.41) is 4.45. The van der Waals surface area contributed by atoms with E-state index in [-0.39, 0.29) is 11.6 Å². The van der Waals surface area contributed by atoms with Gasteiger partial charge in [-0.3, -0.25) is 4.68 Å². The summed E-state index contributed by atoms with van der Waals surface area (Å²) in [6, 6.07) is 1.88. The van der Waals surface area contributed by atoms with Gasteiger partial charge in [-0.15, -0.1) is 0 Å². The Morgan fingerprint density at radius 1 is 1.67 bits per heavy atom. The zero-order valence-corrected chi connectivity index (χ0v) is 11.7. The van der Waals surface area contributed by atoms with Crippen molar-refractivity contribution < 1.29 is 4.74 Å². The van der Waals surface area contributed by atoms with Gasteiger partial charge in [0.05, 0.1) is 17.3 Å². The highest BCUT2D eigenvalue weighted by molar-refractivity contribution is 5.12. The van der Waals surface area contributed by atoms with E-state index in [0.717, 1.165) is 18.5 Å². The Morgan fingerprint density at radius 2 is 2.44 bits per heavy atom. The van der Waals surface area contributed by atoms with Gasteiger partial charge in [0.2, 0.25) is 0 Å². The first kappa shape index (κ1) is 13.6. The molecule has 1 aromatic heterocycles. The summed E-state index contributed by atoms with van der Waals surface area (Å²) >= 11 is 0. The minimum absolute atomic E-state index is 0.124. The molecular formula is C14H25N3O. The van der Waals surface area contributed by atoms with Crippen LogP contribution in [0.1, 0.15) is 51.3 Å². The predicted octanol–water partition coefficient (Wildman–Crippen LogP) is 2.41. The van der Waals surface area contributed by atoms with Gasteiger partial charge in [0.1, 0.15) is 0 Å². The molecule has 0 aromatic carbocycles. The molecule has 0 saturated heterocycles. The maximum atomic E-state index is 6.47. The number of nitrogens with zero attached hydrogens (tertiary/aromatic N) is 2. The minimum atomic E-state index is -0.221. The van der Waals surface area contributed by atoms with E-state index >= 15 is 0 Å². The summed E-state index contributed by atoms with van der Waals surface area (Å²) in [6.45, 7) is 5.05. The molecule has 1 heterocycles. The quantitative estimate of drug-likeness (QED) is 0.894. The van der Waals surface area contributed by atoms with Gasteiger partial charge in [-0.2, -0.15) is 5.10 Å². The molecule has 0 aliphatic heterocycles. The first-order valence-electron chi connectivity index (χ1n) is 6.96. The Labute approximate surface area is 110 Å². The van der Waals surface area contributed by atoms with E-state index in [9.17, 15) is 0 Å². The Hall–Kier alpha value is -0.870. The highest BCUT2D eigenvalue weighted by atomic mass is 16.5. The van der Waals surface area contributed by atoms with Crippen molar-refractivity contribution in [3.63, 3.8) is 0 Å². The fraction of sp³-hybridized carbons (Fsp3) is 0.786. The highest BCUT2D eigenvalue weighted by Crippen LogP contribution is 2.42. The smallest absolute Gasteiger partial charge is 0.0892 e. The van der Waals surface area contributed by atoms with Gasteiger partial charge in [-0.05, 0) is 31.7 Å². The maximum absolute atomic E-state index is 6.47. The highest BCUT2D eigenvalue weighted by Gasteiger charge is 2.42. The zero-order valence-electron chi connectivity index (χ0n) is 11.7. The van der Waals surface area contributed by atoms with E-state index in [0.29, 0.717) is 12.5 Å². The van der Waals surface area contributed by atoms with Crippen LogP contribution < -0.4 is 5.73 Å². The molecule has 0 bridgehead atoms. The maximum Gasteiger partial charge on any atom is 0.0892 e. The molecule has 18 heavy (non-hydrogen) atoms. The Kier molecular flexibility index (Phi) is 4.07. The molecule has 1 fully saturated rings. The van der Waals surface area contributed by atoms with Gasteiger partial charge in [0, 0.05) is 19.9 Å². The monoisotopic (exact) mass is 251 g/mol. The van der Waals surface area contributed by atoms with Crippen LogP contribution in [0.5, 0.6) is 0 Å². The van der Waals surface area contributed by atoms with Crippen molar-refractivity contribution in [3.05, 3.63) is 18.0 Å². The summed E-state index contributed by atoms with van der Waals surface area (Å²) in [6.07, 6.45) is 6.51. The van der Waals surface area contributed by atoms with E-state index < -0.39 is 0 Å². The third-order valence-corrected chi connectivity index (χ3v) is 4.04. The van der Waals surface area contributed by atoms with E-state index in [1.165, 1.54) is 12.8 Å². The molecule has 1 aliphatic carbocycles. The average molecular weight is 251 g/mol. The first-order valence-corrected chi connectivity index (χ1v) is 6.96. The van der Waals surface area contributed by atoms with Crippen LogP contribution in [0.2, 0.25) is 0 Å². The lowest BCUT2D eigenvalue weighted by atomic mass is 9.74. The van der Waals surface area contributed by atoms with E-state index in [1.807, 2.05) is 26.2 Å². The largest absolute Gasteiger partial charge is 0.373 e. The number of aryl methyl sites for hydroxylation is 1. The number of hydrogen-bond donors (Lipinski definition) is 1. The molecular weight excluding hydrogens is 226 g/mol. The van der Waals surface area contributed by atoms with Crippen molar-refractivity contribution in [1.29, 1.82) is 0 Å². The van der Waals surface area contributed by atoms with Crippen molar-refractivity contribution in [3.8, 4) is 0 Å². The lowest BCUT2D eigenvalue weighted by Gasteiger charge is -2.43. The summed E-state index contributed by atoms with van der Waals surface area (Å²) in [5.74, 6) is 0.681. The van der Waals surface area contributed by atoms with Crippen LogP contribution in [0, 0.1) is 5.92 Å². The topological polar surface area (TPSA) is 53.1 Å². The number of nitrogens with two attached hydrogens (primary N) is 1. The second-order valence-electron chi connectivity index (χ2n) is 5.59. The van der Waals surface area contributed by atoms with Crippen LogP contribution in [-0.2, 0) is 11.8 Å². The van der Waals surface area contributed by atoms with Crippen LogP contribution >= 0.6 is 0 Å². The Bertz CT molecular complexity index is 386. The molecule has 4 heteroatoms. The summed E-state index contributed by atoms with van der Waals surface area (Å²) in [4.78, 5) is 0. The number of hydrogen-bond acceptors (Lipinski definition) is 3. The minimum Gasteiger partial charge on any atom is -0.373 e. The molecule has 2 rings (SSSR count). The van der Waals surface area contributed by atoms with Crippen molar-refractivity contribution in [1.82, 2.24) is 9.78 Å². The normalized spacial score (nSPS) is 30.3. The van der Waals surface area contributed by atoms with Gasteiger partial charge in [0.25, 0.3) is 0 Å². The van der Waals surface area contributed by atoms with Crippen molar-refractivity contribution >= 4 is 0 Å². The fourth-order valence-corrected chi connectivity index (χ4v) is 3.20. The summed E-state index contributed by atoms with van der Waals surface area (Å²) < 4.78 is 7.90. The second kappa shape index (κ2) is 5.41. The molecule has 3 unspecified atom stereocenters. The number of ether oxygens (including phenoxy) is 1. The standard InChI is InChI=1S/C14H25N3O/c1-4-18-14(8-5-6-11(2)10-14)13(15)12-7-9-17(3)16-12/h7,9,11,13H,4-6,8,10,15H2,1-3H3. The van der Waals surface area contributed by atoms with Crippen LogP contribution in [0.25, 0.3) is 0 Å². The summed E-state index contributed by atoms with van der Waals surface area (Å²) in [7, 11) is 1.92. The third kappa shape index (κ3) is 2.59. The average Bonchev–Trinajstić information content (AvgIpc) is 2.75. The molecule has 1 aliphatic rings. The van der Waals surface area contributed by atoms with Crippen molar-refractivity contribution in [2.45, 2.75) is 51.2 Å². The zero-order chi connectivity index (χ0) is 13.2. The molecule has 0 radical (unpaired) electrons. The number of aromatic nitrogens is 2. The fourth-order valence-electron chi connectivity index (χ4n) is 3.20. The summed E-state index contributed by atoms with van der Waals surface area (Å²) in [5.41, 5.74) is 7.19. The van der Waals surface area contributed by atoms with Crippen LogP contribution in [0.3, 0.4) is 0 Å². The molecule has 102 valence electrons. The van der Waals surface area contributed by atoms with Crippen molar-refractivity contribution in [2.24, 2.45) is 18.7 Å². The van der Waals surface area contributed by atoms with E-state index in [1.54, 1.807) is 4.68 Å². The Balaban J connectivity index is 2.23. The second-order valence-corrected chi connectivity index (χ2v) is 5.59. The third-order valence-electron chi connectivity index (χ3n) is 4.04. The van der Waals surface area contributed by atoms with Gasteiger partial charge in [0.15, 0.2) is 0 Å². The van der Waals surface area contributed by atoms with Gasteiger partial charge < -0.3 is 10.5 Å². The number of rotatable bonds is 4. The lowest BCUT2D eigenvalue weighted by molar-refractivity contribution is -0.0946. The van der Waals surface area contributed by atoms with E-state index in [2.05, 4.69) is 12.0 Å². The van der Waals surface area contributed by atoms with Crippen molar-refractivity contribution in [2.75, 3.05) is 6.61 Å². The van der Waals surface area contributed by atoms with Crippen LogP contribution in [0.4, 0.5) is 0 Å². The molecule has 0 amide bonds. The Morgan fingerprint density at radius 3 is 3.00 bits per heavy atom. The molecule has 1 aromatic rings. The van der Waals surface area contributed by atoms with Gasteiger partial charge >= 0.3 is 0 Å². The van der Waals surface area contributed by atoms with Gasteiger partial charge in [-0.1, -0.05) is 19.8 Å². The van der Waals surface area contributed by atoms with Crippen LogP contribution in [-0.4, -0.2) is 22.0 Å². The predicted molar refractivity (Wildman–Crippen MR) is 72.1 cm³/mol. The van der Waals surface area contributed by atoms with Crippen LogP contribution in [0.15, 0.2) is 12.3 Å². The first-order chi connectivity index (χ1) is 8.57. The molecule has 0 spiro atoms. The molecule has 1 saturated carbocycles. The lowest BCUT2D eigenvalue weighted by Crippen LogP contribution is -2.47. The molecule has 4 nitrogen and oxygen atoms in total.